The van der Waals surface area contributed by atoms with Crippen molar-refractivity contribution in [3.05, 3.63) is 0 Å². The van der Waals surface area contributed by atoms with E-state index in [4.69, 9.17) is 4.74 Å². The van der Waals surface area contributed by atoms with Crippen molar-refractivity contribution in [2.45, 2.75) is 59.1 Å². The predicted molar refractivity (Wildman–Crippen MR) is 65.1 cm³/mol. The molecule has 0 aromatic heterocycles. The van der Waals surface area contributed by atoms with Crippen molar-refractivity contribution in [1.29, 1.82) is 0 Å². The minimum Gasteiger partial charge on any atom is -0.378 e. The fourth-order valence-electron chi connectivity index (χ4n) is 2.04. The predicted octanol–water partition coefficient (Wildman–Crippen LogP) is 2.83. The molecule has 1 aliphatic carbocycles. The van der Waals surface area contributed by atoms with Crippen LogP contribution in [0.25, 0.3) is 0 Å². The van der Waals surface area contributed by atoms with E-state index in [9.17, 15) is 0 Å². The topological polar surface area (TPSA) is 21.3 Å². The number of nitrogens with one attached hydrogen (secondary N) is 1. The lowest BCUT2D eigenvalue weighted by Gasteiger charge is -2.22. The van der Waals surface area contributed by atoms with Crippen LogP contribution in [0.2, 0.25) is 0 Å². The molecule has 90 valence electrons. The third kappa shape index (κ3) is 4.98. The maximum absolute atomic E-state index is 5.72. The molecule has 0 aromatic rings. The summed E-state index contributed by atoms with van der Waals surface area (Å²) in [5.74, 6) is 1.58. The molecule has 2 nitrogen and oxygen atoms in total. The third-order valence-corrected chi connectivity index (χ3v) is 3.35. The van der Waals surface area contributed by atoms with Gasteiger partial charge in [0, 0.05) is 12.6 Å². The van der Waals surface area contributed by atoms with Gasteiger partial charge in [0.2, 0.25) is 0 Å². The van der Waals surface area contributed by atoms with Crippen molar-refractivity contribution in [1.82, 2.24) is 5.32 Å². The molecule has 2 atom stereocenters. The summed E-state index contributed by atoms with van der Waals surface area (Å²) in [6.07, 6.45) is 4.41. The van der Waals surface area contributed by atoms with E-state index in [1.165, 1.54) is 12.8 Å². The van der Waals surface area contributed by atoms with Gasteiger partial charge in [0.05, 0.1) is 6.10 Å². The monoisotopic (exact) mass is 213 g/mol. The van der Waals surface area contributed by atoms with E-state index in [1.54, 1.807) is 0 Å². The van der Waals surface area contributed by atoms with E-state index in [-0.39, 0.29) is 0 Å². The summed E-state index contributed by atoms with van der Waals surface area (Å²) < 4.78 is 5.72. The van der Waals surface area contributed by atoms with Crippen molar-refractivity contribution >= 4 is 0 Å². The maximum atomic E-state index is 5.72. The molecular weight excluding hydrogens is 186 g/mol. The molecule has 0 radical (unpaired) electrons. The van der Waals surface area contributed by atoms with E-state index in [0.717, 1.165) is 25.5 Å². The molecule has 0 saturated heterocycles. The van der Waals surface area contributed by atoms with Crippen LogP contribution in [0.5, 0.6) is 0 Å². The molecule has 0 heterocycles. The van der Waals surface area contributed by atoms with Crippen molar-refractivity contribution in [3.63, 3.8) is 0 Å². The summed E-state index contributed by atoms with van der Waals surface area (Å²) in [6, 6.07) is 0.708. The summed E-state index contributed by atoms with van der Waals surface area (Å²) in [7, 11) is 0. The third-order valence-electron chi connectivity index (χ3n) is 3.35. The second-order valence-corrected chi connectivity index (χ2v) is 5.11. The molecule has 0 aliphatic heterocycles. The van der Waals surface area contributed by atoms with Gasteiger partial charge >= 0.3 is 0 Å². The molecule has 0 bridgehead atoms. The first-order chi connectivity index (χ1) is 7.15. The second kappa shape index (κ2) is 6.49. The molecule has 0 aromatic carbocycles. The summed E-state index contributed by atoms with van der Waals surface area (Å²) >= 11 is 0. The van der Waals surface area contributed by atoms with Crippen molar-refractivity contribution in [2.24, 2.45) is 11.8 Å². The van der Waals surface area contributed by atoms with Crippen LogP contribution in [0.3, 0.4) is 0 Å². The highest BCUT2D eigenvalue weighted by Crippen LogP contribution is 2.32. The second-order valence-electron chi connectivity index (χ2n) is 5.11. The summed E-state index contributed by atoms with van der Waals surface area (Å²) in [5.41, 5.74) is 0. The standard InChI is InChI=1S/C13H27NO/c1-5-15-13(10(2)3)8-9-14-11(4)12-6-7-12/h10-14H,5-9H2,1-4H3. The molecule has 1 saturated carbocycles. The molecule has 1 fully saturated rings. The first kappa shape index (κ1) is 13.0. The fourth-order valence-corrected chi connectivity index (χ4v) is 2.04. The van der Waals surface area contributed by atoms with E-state index in [2.05, 4.69) is 33.0 Å². The van der Waals surface area contributed by atoms with Gasteiger partial charge < -0.3 is 10.1 Å². The van der Waals surface area contributed by atoms with Crippen LogP contribution in [0.1, 0.15) is 47.0 Å². The molecule has 0 amide bonds. The van der Waals surface area contributed by atoms with E-state index < -0.39 is 0 Å². The van der Waals surface area contributed by atoms with Crippen molar-refractivity contribution < 1.29 is 4.74 Å². The summed E-state index contributed by atoms with van der Waals surface area (Å²) in [5, 5.41) is 3.61. The fraction of sp³-hybridized carbons (Fsp3) is 1.00. The highest BCUT2D eigenvalue weighted by atomic mass is 16.5. The Kier molecular flexibility index (Phi) is 5.62. The van der Waals surface area contributed by atoms with Crippen LogP contribution in [-0.2, 0) is 4.74 Å². The Bertz CT molecular complexity index is 166. The smallest absolute Gasteiger partial charge is 0.0609 e. The normalized spacial score (nSPS) is 20.6. The number of rotatable bonds is 8. The molecule has 2 heteroatoms. The van der Waals surface area contributed by atoms with Gasteiger partial charge in [-0.05, 0) is 51.5 Å². The van der Waals surface area contributed by atoms with Gasteiger partial charge in [-0.15, -0.1) is 0 Å². The molecule has 15 heavy (non-hydrogen) atoms. The minimum absolute atomic E-state index is 0.425. The molecule has 1 rings (SSSR count). The average Bonchev–Trinajstić information content (AvgIpc) is 2.99. The molecule has 1 N–H and O–H groups in total. The zero-order valence-corrected chi connectivity index (χ0v) is 10.8. The van der Waals surface area contributed by atoms with Crippen LogP contribution in [0.4, 0.5) is 0 Å². The quantitative estimate of drug-likeness (QED) is 0.669. The van der Waals surface area contributed by atoms with Gasteiger partial charge in [0.15, 0.2) is 0 Å². The Hall–Kier alpha value is -0.0800. The van der Waals surface area contributed by atoms with Crippen LogP contribution < -0.4 is 5.32 Å². The van der Waals surface area contributed by atoms with Gasteiger partial charge in [-0.3, -0.25) is 0 Å². The molecular formula is C13H27NO. The van der Waals surface area contributed by atoms with Gasteiger partial charge in [-0.2, -0.15) is 0 Å². The Labute approximate surface area is 94.8 Å². The first-order valence-electron chi connectivity index (χ1n) is 6.50. The van der Waals surface area contributed by atoms with Gasteiger partial charge in [-0.25, -0.2) is 0 Å². The first-order valence-corrected chi connectivity index (χ1v) is 6.50. The van der Waals surface area contributed by atoms with E-state index in [1.807, 2.05) is 0 Å². The van der Waals surface area contributed by atoms with Crippen LogP contribution in [-0.4, -0.2) is 25.3 Å². The number of ether oxygens (including phenoxy) is 1. The number of hydrogen-bond donors (Lipinski definition) is 1. The average molecular weight is 213 g/mol. The maximum Gasteiger partial charge on any atom is 0.0609 e. The Balaban J connectivity index is 2.09. The largest absolute Gasteiger partial charge is 0.378 e. The minimum atomic E-state index is 0.425. The Morgan fingerprint density at radius 2 is 1.93 bits per heavy atom. The number of hydrogen-bond acceptors (Lipinski definition) is 2. The zero-order chi connectivity index (χ0) is 11.3. The van der Waals surface area contributed by atoms with E-state index in [0.29, 0.717) is 18.1 Å². The van der Waals surface area contributed by atoms with Crippen LogP contribution >= 0.6 is 0 Å². The van der Waals surface area contributed by atoms with Gasteiger partial charge in [-0.1, -0.05) is 13.8 Å². The van der Waals surface area contributed by atoms with Crippen LogP contribution in [0, 0.1) is 11.8 Å². The lowest BCUT2D eigenvalue weighted by molar-refractivity contribution is 0.0246. The van der Waals surface area contributed by atoms with Gasteiger partial charge in [0.25, 0.3) is 0 Å². The highest BCUT2D eigenvalue weighted by molar-refractivity contribution is 4.83. The Morgan fingerprint density at radius 1 is 1.27 bits per heavy atom. The SMILES string of the molecule is CCOC(CCNC(C)C1CC1)C(C)C. The molecule has 2 unspecified atom stereocenters. The summed E-state index contributed by atoms with van der Waals surface area (Å²) in [6.45, 7) is 10.8. The molecule has 1 aliphatic rings. The summed E-state index contributed by atoms with van der Waals surface area (Å²) in [4.78, 5) is 0. The highest BCUT2D eigenvalue weighted by Gasteiger charge is 2.27. The lowest BCUT2D eigenvalue weighted by atomic mass is 10.0. The van der Waals surface area contributed by atoms with E-state index >= 15 is 0 Å². The van der Waals surface area contributed by atoms with Crippen molar-refractivity contribution in [2.75, 3.05) is 13.2 Å². The van der Waals surface area contributed by atoms with Crippen molar-refractivity contribution in [3.8, 4) is 0 Å². The zero-order valence-electron chi connectivity index (χ0n) is 10.8. The van der Waals surface area contributed by atoms with Gasteiger partial charge in [0.1, 0.15) is 0 Å². The molecule has 0 spiro atoms. The lowest BCUT2D eigenvalue weighted by Crippen LogP contribution is -2.32. The Morgan fingerprint density at radius 3 is 2.40 bits per heavy atom. The van der Waals surface area contributed by atoms with Crippen LogP contribution in [0.15, 0.2) is 0 Å².